The molecule has 0 aromatic heterocycles. The lowest BCUT2D eigenvalue weighted by Gasteiger charge is -2.22. The van der Waals surface area contributed by atoms with Crippen molar-refractivity contribution >= 4 is 0 Å². The van der Waals surface area contributed by atoms with Crippen molar-refractivity contribution < 1.29 is 5.11 Å². The molecular weight excluding hydrogens is 160 g/mol. The van der Waals surface area contributed by atoms with E-state index in [-0.39, 0.29) is 6.10 Å². The van der Waals surface area contributed by atoms with E-state index in [1.165, 1.54) is 44.9 Å². The van der Waals surface area contributed by atoms with Crippen molar-refractivity contribution in [3.63, 3.8) is 0 Å². The van der Waals surface area contributed by atoms with Gasteiger partial charge in [-0.2, -0.15) is 0 Å². The third kappa shape index (κ3) is 4.12. The highest BCUT2D eigenvalue weighted by Gasteiger charge is 2.20. The predicted octanol–water partition coefficient (Wildman–Crippen LogP) is 3.95. The molecule has 0 aromatic carbocycles. The summed E-state index contributed by atoms with van der Waals surface area (Å²) >= 11 is 0. The normalized spacial score (nSPS) is 23.5. The molecule has 1 saturated carbocycles. The smallest absolute Gasteiger partial charge is 0.0958 e. The van der Waals surface area contributed by atoms with Crippen molar-refractivity contribution in [1.82, 2.24) is 0 Å². The predicted molar refractivity (Wildman–Crippen MR) is 55.2 cm³/mol. The summed E-state index contributed by atoms with van der Waals surface area (Å²) in [5.74, 6) is 0.500. The van der Waals surface area contributed by atoms with E-state index in [1.807, 2.05) is 0 Å². The highest BCUT2D eigenvalue weighted by molar-refractivity contribution is 4.70. The third-order valence-corrected chi connectivity index (χ3v) is 3.25. The maximum Gasteiger partial charge on any atom is 0.0958 e. The summed E-state index contributed by atoms with van der Waals surface area (Å²) in [6.07, 6.45) is 10.8. The Hall–Kier alpha value is -0.0400. The summed E-state index contributed by atoms with van der Waals surface area (Å²) in [7, 11) is 0. The monoisotopic (exact) mass is 183 g/mol. The number of hydrogen-bond donors (Lipinski definition) is 0. The molecular formula is C12H23O. The van der Waals surface area contributed by atoms with E-state index in [0.717, 1.165) is 12.8 Å². The molecule has 0 heterocycles. The highest BCUT2D eigenvalue weighted by atomic mass is 16.3. The van der Waals surface area contributed by atoms with E-state index in [9.17, 15) is 5.11 Å². The van der Waals surface area contributed by atoms with Crippen molar-refractivity contribution in [1.29, 1.82) is 0 Å². The summed E-state index contributed by atoms with van der Waals surface area (Å²) in [5, 5.41) is 11.7. The molecule has 1 aliphatic carbocycles. The Kier molecular flexibility index (Phi) is 5.45. The molecule has 0 saturated heterocycles. The summed E-state index contributed by atoms with van der Waals surface area (Å²) in [5.41, 5.74) is 0. The molecule has 0 amide bonds. The Morgan fingerprint density at radius 2 is 1.62 bits per heavy atom. The first-order chi connectivity index (χ1) is 6.34. The van der Waals surface area contributed by atoms with Crippen LogP contribution in [0, 0.1) is 5.92 Å². The molecule has 1 rings (SSSR count). The van der Waals surface area contributed by atoms with Crippen LogP contribution in [-0.4, -0.2) is 6.10 Å². The second-order valence-corrected chi connectivity index (χ2v) is 4.43. The van der Waals surface area contributed by atoms with Crippen molar-refractivity contribution in [3.05, 3.63) is 0 Å². The maximum absolute atomic E-state index is 11.7. The van der Waals surface area contributed by atoms with E-state index in [1.54, 1.807) is 0 Å². The molecule has 0 spiro atoms. The van der Waals surface area contributed by atoms with Crippen LogP contribution in [0.15, 0.2) is 0 Å². The van der Waals surface area contributed by atoms with Gasteiger partial charge in [-0.05, 0) is 25.2 Å². The molecule has 1 aliphatic rings. The van der Waals surface area contributed by atoms with Gasteiger partial charge in [-0.3, -0.25) is 0 Å². The molecule has 1 atom stereocenters. The van der Waals surface area contributed by atoms with Gasteiger partial charge in [0.05, 0.1) is 6.10 Å². The molecule has 0 aliphatic heterocycles. The Morgan fingerprint density at radius 3 is 2.15 bits per heavy atom. The molecule has 77 valence electrons. The minimum Gasteiger partial charge on any atom is -0.233 e. The van der Waals surface area contributed by atoms with E-state index < -0.39 is 0 Å². The molecule has 0 N–H and O–H groups in total. The van der Waals surface area contributed by atoms with Crippen LogP contribution in [0.2, 0.25) is 0 Å². The molecule has 13 heavy (non-hydrogen) atoms. The zero-order valence-electron chi connectivity index (χ0n) is 8.93. The van der Waals surface area contributed by atoms with Gasteiger partial charge in [0.15, 0.2) is 0 Å². The second-order valence-electron chi connectivity index (χ2n) is 4.43. The molecule has 1 fully saturated rings. The summed E-state index contributed by atoms with van der Waals surface area (Å²) in [4.78, 5) is 0. The third-order valence-electron chi connectivity index (χ3n) is 3.25. The maximum atomic E-state index is 11.7. The fourth-order valence-electron chi connectivity index (χ4n) is 2.38. The zero-order valence-corrected chi connectivity index (χ0v) is 8.93. The van der Waals surface area contributed by atoms with Gasteiger partial charge in [0.25, 0.3) is 0 Å². The molecule has 0 aromatic rings. The minimum atomic E-state index is -0.261. The Morgan fingerprint density at radius 1 is 1.08 bits per heavy atom. The fraction of sp³-hybridized carbons (Fsp3) is 1.00. The topological polar surface area (TPSA) is 19.9 Å². The van der Waals surface area contributed by atoms with Gasteiger partial charge in [-0.1, -0.05) is 45.4 Å². The standard InChI is InChI=1S/C12H23O/c1-2-8-12(13)11-9-6-4-3-5-7-10-11/h11-12H,2-10H2,1H3. The van der Waals surface area contributed by atoms with Crippen LogP contribution in [0.1, 0.15) is 64.7 Å². The Balaban J connectivity index is 2.27. The van der Waals surface area contributed by atoms with E-state index in [4.69, 9.17) is 0 Å². The fourth-order valence-corrected chi connectivity index (χ4v) is 2.38. The van der Waals surface area contributed by atoms with E-state index >= 15 is 0 Å². The first-order valence-electron chi connectivity index (χ1n) is 6.00. The van der Waals surface area contributed by atoms with Crippen LogP contribution >= 0.6 is 0 Å². The van der Waals surface area contributed by atoms with Crippen LogP contribution in [0.25, 0.3) is 0 Å². The first-order valence-corrected chi connectivity index (χ1v) is 6.00. The minimum absolute atomic E-state index is 0.261. The van der Waals surface area contributed by atoms with Crippen LogP contribution in [-0.2, 0) is 5.11 Å². The average Bonchev–Trinajstić information content (AvgIpc) is 2.03. The van der Waals surface area contributed by atoms with Gasteiger partial charge in [0, 0.05) is 0 Å². The molecule has 1 heteroatoms. The molecule has 1 unspecified atom stereocenters. The number of rotatable bonds is 3. The first kappa shape index (κ1) is 11.0. The van der Waals surface area contributed by atoms with E-state index in [0.29, 0.717) is 5.92 Å². The van der Waals surface area contributed by atoms with Gasteiger partial charge in [0.2, 0.25) is 0 Å². The summed E-state index contributed by atoms with van der Waals surface area (Å²) < 4.78 is 0. The van der Waals surface area contributed by atoms with Crippen molar-refractivity contribution in [3.8, 4) is 0 Å². The quantitative estimate of drug-likeness (QED) is 0.631. The molecule has 1 radical (unpaired) electrons. The van der Waals surface area contributed by atoms with E-state index in [2.05, 4.69) is 6.92 Å². The second kappa shape index (κ2) is 6.42. The Bertz CT molecular complexity index is 114. The molecule has 0 bridgehead atoms. The SMILES string of the molecule is CCCC([O])C1CCCCCCC1. The van der Waals surface area contributed by atoms with Crippen molar-refractivity contribution in [2.75, 3.05) is 0 Å². The van der Waals surface area contributed by atoms with Gasteiger partial charge in [-0.25, -0.2) is 5.11 Å². The number of hydrogen-bond acceptors (Lipinski definition) is 0. The average molecular weight is 183 g/mol. The highest BCUT2D eigenvalue weighted by Crippen LogP contribution is 2.26. The zero-order chi connectivity index (χ0) is 9.52. The van der Waals surface area contributed by atoms with Crippen LogP contribution in [0.5, 0.6) is 0 Å². The summed E-state index contributed by atoms with van der Waals surface area (Å²) in [6.45, 7) is 2.12. The molecule has 1 nitrogen and oxygen atoms in total. The van der Waals surface area contributed by atoms with Crippen LogP contribution < -0.4 is 0 Å². The lowest BCUT2D eigenvalue weighted by atomic mass is 9.86. The summed E-state index contributed by atoms with van der Waals surface area (Å²) in [6, 6.07) is 0. The van der Waals surface area contributed by atoms with Crippen molar-refractivity contribution in [2.45, 2.75) is 70.8 Å². The Labute approximate surface area is 82.5 Å². The van der Waals surface area contributed by atoms with Crippen molar-refractivity contribution in [2.24, 2.45) is 5.92 Å². The van der Waals surface area contributed by atoms with Gasteiger partial charge >= 0.3 is 0 Å². The lowest BCUT2D eigenvalue weighted by molar-refractivity contribution is 0.0189. The van der Waals surface area contributed by atoms with Gasteiger partial charge in [0.1, 0.15) is 0 Å². The van der Waals surface area contributed by atoms with Gasteiger partial charge in [-0.15, -0.1) is 0 Å². The van der Waals surface area contributed by atoms with Crippen LogP contribution in [0.3, 0.4) is 0 Å². The van der Waals surface area contributed by atoms with Crippen LogP contribution in [0.4, 0.5) is 0 Å². The van der Waals surface area contributed by atoms with Gasteiger partial charge < -0.3 is 0 Å². The lowest BCUT2D eigenvalue weighted by Crippen LogP contribution is -2.19. The largest absolute Gasteiger partial charge is 0.233 e.